The molecular weight excluding hydrogens is 571 g/mol. The first kappa shape index (κ1) is 30.9. The van der Waals surface area contributed by atoms with Crippen LogP contribution < -0.4 is 19.8 Å². The highest BCUT2D eigenvalue weighted by Gasteiger charge is 2.27. The summed E-state index contributed by atoms with van der Waals surface area (Å²) in [5.74, 6) is -1.03. The summed E-state index contributed by atoms with van der Waals surface area (Å²) in [5, 5.41) is 6.80. The van der Waals surface area contributed by atoms with Crippen LogP contribution in [0.25, 0.3) is 0 Å². The smallest absolute Gasteiger partial charge is 0.264 e. The van der Waals surface area contributed by atoms with Gasteiger partial charge in [-0.3, -0.25) is 13.9 Å². The molecule has 0 saturated heterocycles. The van der Waals surface area contributed by atoms with Crippen molar-refractivity contribution in [3.63, 3.8) is 0 Å². The minimum Gasteiger partial charge on any atom is -0.484 e. The third-order valence-electron chi connectivity index (χ3n) is 6.34. The van der Waals surface area contributed by atoms with Crippen molar-refractivity contribution in [2.75, 3.05) is 17.5 Å². The van der Waals surface area contributed by atoms with Gasteiger partial charge in [0.2, 0.25) is 0 Å². The summed E-state index contributed by atoms with van der Waals surface area (Å²) in [5.41, 5.74) is 4.94. The number of hydrogen-bond donors (Lipinski definition) is 2. The van der Waals surface area contributed by atoms with Gasteiger partial charge in [0.05, 0.1) is 22.8 Å². The molecule has 0 spiro atoms. The largest absolute Gasteiger partial charge is 0.484 e. The number of aryl methyl sites for hydroxylation is 1. The number of anilines is 1. The third kappa shape index (κ3) is 8.73. The number of hydrogen-bond acceptors (Lipinski definition) is 6. The number of benzene rings is 4. The van der Waals surface area contributed by atoms with Gasteiger partial charge in [-0.2, -0.15) is 5.10 Å². The number of rotatable bonds is 12. The Morgan fingerprint density at radius 3 is 2.21 bits per heavy atom. The second kappa shape index (κ2) is 14.2. The van der Waals surface area contributed by atoms with Crippen molar-refractivity contribution in [3.05, 3.63) is 126 Å². The highest BCUT2D eigenvalue weighted by molar-refractivity contribution is 7.92. The van der Waals surface area contributed by atoms with Crippen molar-refractivity contribution in [1.29, 1.82) is 0 Å². The number of amides is 2. The van der Waals surface area contributed by atoms with E-state index in [9.17, 15) is 22.4 Å². The molecule has 0 aliphatic heterocycles. The molecule has 0 aliphatic carbocycles. The van der Waals surface area contributed by atoms with Crippen molar-refractivity contribution < 1.29 is 27.1 Å². The molecule has 0 unspecified atom stereocenters. The van der Waals surface area contributed by atoms with E-state index in [1.807, 2.05) is 44.2 Å². The monoisotopic (exact) mass is 602 g/mol. The number of hydrazone groups is 1. The van der Waals surface area contributed by atoms with Crippen LogP contribution in [0.4, 0.5) is 10.1 Å². The fourth-order valence-corrected chi connectivity index (χ4v) is 5.43. The topological polar surface area (TPSA) is 117 Å². The summed E-state index contributed by atoms with van der Waals surface area (Å²) in [6.45, 7) is 2.98. The molecule has 4 rings (SSSR count). The van der Waals surface area contributed by atoms with Gasteiger partial charge in [0.25, 0.3) is 21.8 Å². The highest BCUT2D eigenvalue weighted by Crippen LogP contribution is 2.24. The fourth-order valence-electron chi connectivity index (χ4n) is 4.01. The number of carbonyl (C=O) groups excluding carboxylic acids is 2. The van der Waals surface area contributed by atoms with Crippen LogP contribution in [0.3, 0.4) is 0 Å². The lowest BCUT2D eigenvalue weighted by atomic mass is 10.1. The maximum atomic E-state index is 13.5. The molecule has 9 nitrogen and oxygen atoms in total. The first-order valence-electron chi connectivity index (χ1n) is 13.4. The average molecular weight is 603 g/mol. The Morgan fingerprint density at radius 2 is 1.56 bits per heavy atom. The summed E-state index contributed by atoms with van der Waals surface area (Å²) >= 11 is 0. The molecule has 0 radical (unpaired) electrons. The Kier molecular flexibility index (Phi) is 10.2. The first-order chi connectivity index (χ1) is 20.6. The van der Waals surface area contributed by atoms with Crippen LogP contribution in [0, 0.1) is 12.7 Å². The number of ether oxygens (including phenoxy) is 1. The van der Waals surface area contributed by atoms with Gasteiger partial charge in [0.15, 0.2) is 6.61 Å². The van der Waals surface area contributed by atoms with Crippen LogP contribution in [-0.4, -0.2) is 39.6 Å². The van der Waals surface area contributed by atoms with Crippen molar-refractivity contribution in [2.45, 2.75) is 24.8 Å². The fraction of sp³-hybridized carbons (Fsp3) is 0.156. The van der Waals surface area contributed by atoms with Gasteiger partial charge in [0.1, 0.15) is 18.1 Å². The quantitative estimate of drug-likeness (QED) is 0.180. The van der Waals surface area contributed by atoms with Crippen LogP contribution in [0.2, 0.25) is 0 Å². The zero-order chi connectivity index (χ0) is 30.8. The second-order valence-corrected chi connectivity index (χ2v) is 11.5. The third-order valence-corrected chi connectivity index (χ3v) is 8.13. The normalized spacial score (nSPS) is 12.0. The lowest BCUT2D eigenvalue weighted by molar-refractivity contribution is -0.123. The van der Waals surface area contributed by atoms with E-state index >= 15 is 0 Å². The van der Waals surface area contributed by atoms with Crippen molar-refractivity contribution in [3.8, 4) is 5.75 Å². The Balaban J connectivity index is 1.33. The maximum Gasteiger partial charge on any atom is 0.264 e. The van der Waals surface area contributed by atoms with Crippen molar-refractivity contribution in [1.82, 2.24) is 10.7 Å². The molecule has 4 aromatic rings. The SMILES string of the molecule is Cc1ccc(S(=O)(=O)N(CC(=O)N/N=C\c2ccc(OCC(=O)N[C@H](C)c3ccccc3)cc2)c2ccc(F)cc2)cc1. The molecule has 2 amide bonds. The maximum absolute atomic E-state index is 13.5. The van der Waals surface area contributed by atoms with E-state index in [0.29, 0.717) is 11.3 Å². The lowest BCUT2D eigenvalue weighted by Gasteiger charge is -2.23. The van der Waals surface area contributed by atoms with Gasteiger partial charge in [-0.05, 0) is 85.6 Å². The standard InChI is InChI=1S/C32H31FN4O5S/c1-23-8-18-30(19-9-23)43(40,41)37(28-14-12-27(33)13-15-28)21-31(38)36-34-20-25-10-16-29(17-11-25)42-22-32(39)35-24(2)26-6-4-3-5-7-26/h3-20,24H,21-22H2,1-2H3,(H,35,39)(H,36,38)/b34-20-/t24-/m1/s1. The van der Waals surface area contributed by atoms with Gasteiger partial charge in [-0.1, -0.05) is 48.0 Å². The Hall–Kier alpha value is -5.03. The van der Waals surface area contributed by atoms with E-state index < -0.39 is 28.3 Å². The van der Waals surface area contributed by atoms with Crippen LogP contribution in [0.5, 0.6) is 5.75 Å². The molecule has 0 aromatic heterocycles. The molecule has 43 heavy (non-hydrogen) atoms. The number of halogens is 1. The summed E-state index contributed by atoms with van der Waals surface area (Å²) in [6.07, 6.45) is 1.38. The minimum atomic E-state index is -4.14. The molecule has 0 saturated carbocycles. The molecule has 2 N–H and O–H groups in total. The number of carbonyl (C=O) groups is 2. The van der Waals surface area contributed by atoms with E-state index in [1.54, 1.807) is 36.4 Å². The van der Waals surface area contributed by atoms with Crippen molar-refractivity contribution in [2.24, 2.45) is 5.10 Å². The molecule has 0 aliphatic rings. The number of nitrogens with zero attached hydrogens (tertiary/aromatic N) is 2. The summed E-state index contributed by atoms with van der Waals surface area (Å²) < 4.78 is 46.7. The van der Waals surface area contributed by atoms with E-state index in [-0.39, 0.29) is 29.1 Å². The molecular formula is C32H31FN4O5S. The Labute approximate surface area is 250 Å². The molecule has 1 atom stereocenters. The lowest BCUT2D eigenvalue weighted by Crippen LogP contribution is -2.39. The van der Waals surface area contributed by atoms with Crippen molar-refractivity contribution >= 4 is 33.7 Å². The van der Waals surface area contributed by atoms with Gasteiger partial charge >= 0.3 is 0 Å². The second-order valence-electron chi connectivity index (χ2n) is 9.65. The zero-order valence-corrected chi connectivity index (χ0v) is 24.4. The predicted molar refractivity (Wildman–Crippen MR) is 163 cm³/mol. The molecule has 222 valence electrons. The van der Waals surface area contributed by atoms with Gasteiger partial charge in [-0.25, -0.2) is 18.2 Å². The number of nitrogens with one attached hydrogen (secondary N) is 2. The summed E-state index contributed by atoms with van der Waals surface area (Å²) in [4.78, 5) is 25.0. The van der Waals surface area contributed by atoms with E-state index in [0.717, 1.165) is 27.6 Å². The minimum absolute atomic E-state index is 0.00998. The van der Waals surface area contributed by atoms with Gasteiger partial charge in [-0.15, -0.1) is 0 Å². The number of sulfonamides is 1. The predicted octanol–water partition coefficient (Wildman–Crippen LogP) is 4.74. The van der Waals surface area contributed by atoms with Crippen LogP contribution in [0.15, 0.2) is 113 Å². The molecule has 0 fully saturated rings. The molecule has 4 aromatic carbocycles. The summed E-state index contributed by atoms with van der Waals surface area (Å²) in [7, 11) is -4.14. The van der Waals surface area contributed by atoms with Gasteiger partial charge in [0, 0.05) is 0 Å². The van der Waals surface area contributed by atoms with Crippen LogP contribution >= 0.6 is 0 Å². The molecule has 0 bridgehead atoms. The van der Waals surface area contributed by atoms with E-state index in [1.165, 1.54) is 30.5 Å². The van der Waals surface area contributed by atoms with E-state index in [2.05, 4.69) is 15.8 Å². The average Bonchev–Trinajstić information content (AvgIpc) is 3.00. The van der Waals surface area contributed by atoms with Gasteiger partial charge < -0.3 is 10.1 Å². The molecule has 0 heterocycles. The zero-order valence-electron chi connectivity index (χ0n) is 23.6. The Morgan fingerprint density at radius 1 is 0.907 bits per heavy atom. The highest BCUT2D eigenvalue weighted by atomic mass is 32.2. The molecule has 11 heteroatoms. The summed E-state index contributed by atoms with van der Waals surface area (Å²) in [6, 6.07) is 27.1. The van der Waals surface area contributed by atoms with Crippen LogP contribution in [0.1, 0.15) is 29.7 Å². The van der Waals surface area contributed by atoms with E-state index in [4.69, 9.17) is 4.74 Å². The Bertz CT molecular complexity index is 1660. The first-order valence-corrected chi connectivity index (χ1v) is 14.8. The van der Waals surface area contributed by atoms with Crippen LogP contribution in [-0.2, 0) is 19.6 Å².